The molecule has 1 N–H and O–H groups in total. The van der Waals surface area contributed by atoms with Gasteiger partial charge in [-0.3, -0.25) is 9.59 Å². The predicted octanol–water partition coefficient (Wildman–Crippen LogP) is 4.67. The number of amides is 2. The van der Waals surface area contributed by atoms with Gasteiger partial charge in [-0.25, -0.2) is 0 Å². The summed E-state index contributed by atoms with van der Waals surface area (Å²) in [5.41, 5.74) is 0.714. The van der Waals surface area contributed by atoms with Crippen LogP contribution in [0.3, 0.4) is 0 Å². The number of benzene rings is 2. The highest BCUT2D eigenvalue weighted by Gasteiger charge is 2.37. The Hall–Kier alpha value is -2.82. The summed E-state index contributed by atoms with van der Waals surface area (Å²) in [6.07, 6.45) is 7.18. The molecule has 0 spiro atoms. The van der Waals surface area contributed by atoms with Gasteiger partial charge in [-0.05, 0) is 37.1 Å². The quantitative estimate of drug-likeness (QED) is 0.752. The van der Waals surface area contributed by atoms with Gasteiger partial charge in [-0.1, -0.05) is 56.0 Å². The van der Waals surface area contributed by atoms with Crippen LogP contribution in [0.25, 0.3) is 0 Å². The van der Waals surface area contributed by atoms with Crippen LogP contribution in [-0.4, -0.2) is 24.4 Å². The lowest BCUT2D eigenvalue weighted by molar-refractivity contribution is -0.127. The minimum Gasteiger partial charge on any atom is -0.455 e. The first kappa shape index (κ1) is 19.5. The summed E-state index contributed by atoms with van der Waals surface area (Å²) in [5, 5.41) is 3.20. The molecule has 2 aromatic rings. The lowest BCUT2D eigenvalue weighted by Crippen LogP contribution is -2.39. The van der Waals surface area contributed by atoms with Crippen molar-refractivity contribution < 1.29 is 14.3 Å². The van der Waals surface area contributed by atoms with Crippen molar-refractivity contribution in [2.45, 2.75) is 51.0 Å². The molecule has 1 unspecified atom stereocenters. The van der Waals surface area contributed by atoms with Gasteiger partial charge in [0, 0.05) is 19.0 Å². The number of hydrogen-bond donors (Lipinski definition) is 1. The van der Waals surface area contributed by atoms with E-state index in [1.54, 1.807) is 4.90 Å². The molecule has 0 bridgehead atoms. The zero-order chi connectivity index (χ0) is 20.1. The van der Waals surface area contributed by atoms with Crippen LogP contribution >= 0.6 is 0 Å². The van der Waals surface area contributed by atoms with E-state index >= 15 is 0 Å². The van der Waals surface area contributed by atoms with Crippen LogP contribution in [0.5, 0.6) is 11.5 Å². The number of anilines is 1. The van der Waals surface area contributed by atoms with E-state index in [0.29, 0.717) is 23.7 Å². The first-order valence-electron chi connectivity index (χ1n) is 10.6. The topological polar surface area (TPSA) is 58.6 Å². The maximum Gasteiger partial charge on any atom is 0.227 e. The van der Waals surface area contributed by atoms with Crippen molar-refractivity contribution in [3.63, 3.8) is 0 Å². The van der Waals surface area contributed by atoms with Crippen molar-refractivity contribution in [1.29, 1.82) is 0 Å². The van der Waals surface area contributed by atoms with Gasteiger partial charge in [0.1, 0.15) is 5.75 Å². The molecule has 29 heavy (non-hydrogen) atoms. The van der Waals surface area contributed by atoms with E-state index in [2.05, 4.69) is 5.32 Å². The molecule has 1 heterocycles. The minimum absolute atomic E-state index is 0.00853. The van der Waals surface area contributed by atoms with E-state index in [9.17, 15) is 9.59 Å². The first-order valence-corrected chi connectivity index (χ1v) is 10.6. The molecule has 2 amide bonds. The smallest absolute Gasteiger partial charge is 0.227 e. The molecular weight excluding hydrogens is 364 g/mol. The van der Waals surface area contributed by atoms with Crippen molar-refractivity contribution in [2.24, 2.45) is 5.92 Å². The van der Waals surface area contributed by atoms with Crippen LogP contribution < -0.4 is 15.0 Å². The number of nitrogens with one attached hydrogen (secondary N) is 1. The molecule has 1 saturated carbocycles. The Kier molecular flexibility index (Phi) is 6.13. The molecule has 2 aromatic carbocycles. The van der Waals surface area contributed by atoms with E-state index in [4.69, 9.17) is 4.74 Å². The lowest BCUT2D eigenvalue weighted by atomic mass is 10.0. The highest BCUT2D eigenvalue weighted by atomic mass is 16.5. The number of carbonyl (C=O) groups excluding carboxylic acids is 2. The molecule has 152 valence electrons. The SMILES string of the molecule is O=C(NC1CCCCCC1)C1CC(=O)N(c2ccccc2Oc2ccccc2)C1. The van der Waals surface area contributed by atoms with E-state index in [1.165, 1.54) is 25.7 Å². The third-order valence-electron chi connectivity index (χ3n) is 5.82. The Morgan fingerprint density at radius 1 is 0.931 bits per heavy atom. The van der Waals surface area contributed by atoms with Gasteiger partial charge in [-0.15, -0.1) is 0 Å². The molecule has 5 nitrogen and oxygen atoms in total. The molecular formula is C24H28N2O3. The molecule has 2 fully saturated rings. The zero-order valence-electron chi connectivity index (χ0n) is 16.7. The Labute approximate surface area is 172 Å². The normalized spacial score (nSPS) is 20.3. The van der Waals surface area contributed by atoms with Crippen molar-refractivity contribution in [1.82, 2.24) is 5.32 Å². The fraction of sp³-hybridized carbons (Fsp3) is 0.417. The second-order valence-corrected chi connectivity index (χ2v) is 7.99. The van der Waals surface area contributed by atoms with E-state index in [-0.39, 0.29) is 30.2 Å². The third-order valence-corrected chi connectivity index (χ3v) is 5.82. The number of carbonyl (C=O) groups is 2. The van der Waals surface area contributed by atoms with Crippen molar-refractivity contribution in [3.05, 3.63) is 54.6 Å². The van der Waals surface area contributed by atoms with Gasteiger partial charge in [0.15, 0.2) is 5.75 Å². The van der Waals surface area contributed by atoms with Crippen LogP contribution in [0.1, 0.15) is 44.9 Å². The second kappa shape index (κ2) is 9.12. The number of hydrogen-bond acceptors (Lipinski definition) is 3. The van der Waals surface area contributed by atoms with Crippen LogP contribution in [-0.2, 0) is 9.59 Å². The third kappa shape index (κ3) is 4.78. The second-order valence-electron chi connectivity index (χ2n) is 7.99. The average molecular weight is 392 g/mol. The molecule has 1 saturated heterocycles. The van der Waals surface area contributed by atoms with Gasteiger partial charge in [0.2, 0.25) is 11.8 Å². The van der Waals surface area contributed by atoms with Gasteiger partial charge in [-0.2, -0.15) is 0 Å². The summed E-state index contributed by atoms with van der Waals surface area (Å²) in [6.45, 7) is 0.395. The molecule has 1 aliphatic carbocycles. The molecule has 4 rings (SSSR count). The number of ether oxygens (including phenoxy) is 1. The summed E-state index contributed by atoms with van der Waals surface area (Å²) in [4.78, 5) is 27.2. The van der Waals surface area contributed by atoms with Crippen molar-refractivity contribution >= 4 is 17.5 Å². The highest BCUT2D eigenvalue weighted by molar-refractivity contribution is 6.01. The van der Waals surface area contributed by atoms with Crippen LogP contribution in [0.4, 0.5) is 5.69 Å². The molecule has 2 aliphatic rings. The average Bonchev–Trinajstić information content (AvgIpc) is 2.94. The Bertz CT molecular complexity index is 844. The van der Waals surface area contributed by atoms with E-state index in [0.717, 1.165) is 12.8 Å². The van der Waals surface area contributed by atoms with Crippen molar-refractivity contribution in [3.8, 4) is 11.5 Å². The molecule has 0 aromatic heterocycles. The van der Waals surface area contributed by atoms with Crippen LogP contribution in [0, 0.1) is 5.92 Å². The Balaban J connectivity index is 1.45. The Morgan fingerprint density at radius 2 is 1.62 bits per heavy atom. The summed E-state index contributed by atoms with van der Waals surface area (Å²) in [6, 6.07) is 17.3. The fourth-order valence-electron chi connectivity index (χ4n) is 4.24. The van der Waals surface area contributed by atoms with Gasteiger partial charge < -0.3 is 15.0 Å². The maximum absolute atomic E-state index is 12.8. The predicted molar refractivity (Wildman–Crippen MR) is 113 cm³/mol. The molecule has 1 atom stereocenters. The van der Waals surface area contributed by atoms with Crippen LogP contribution in [0.2, 0.25) is 0 Å². The molecule has 5 heteroatoms. The Morgan fingerprint density at radius 3 is 2.38 bits per heavy atom. The zero-order valence-corrected chi connectivity index (χ0v) is 16.7. The summed E-state index contributed by atoms with van der Waals surface area (Å²) >= 11 is 0. The molecule has 1 aliphatic heterocycles. The minimum atomic E-state index is -0.310. The van der Waals surface area contributed by atoms with Gasteiger partial charge in [0.05, 0.1) is 11.6 Å². The van der Waals surface area contributed by atoms with Crippen LogP contribution in [0.15, 0.2) is 54.6 Å². The summed E-state index contributed by atoms with van der Waals surface area (Å²) in [5.74, 6) is 1.01. The van der Waals surface area contributed by atoms with Crippen molar-refractivity contribution in [2.75, 3.05) is 11.4 Å². The van der Waals surface area contributed by atoms with E-state index in [1.807, 2.05) is 54.6 Å². The van der Waals surface area contributed by atoms with Gasteiger partial charge in [0.25, 0.3) is 0 Å². The largest absolute Gasteiger partial charge is 0.455 e. The molecule has 0 radical (unpaired) electrons. The summed E-state index contributed by atoms with van der Waals surface area (Å²) in [7, 11) is 0. The lowest BCUT2D eigenvalue weighted by Gasteiger charge is -2.21. The fourth-order valence-corrected chi connectivity index (χ4v) is 4.24. The first-order chi connectivity index (χ1) is 14.2. The maximum atomic E-state index is 12.8. The summed E-state index contributed by atoms with van der Waals surface area (Å²) < 4.78 is 6.01. The number of para-hydroxylation sites is 3. The number of rotatable bonds is 5. The van der Waals surface area contributed by atoms with Gasteiger partial charge >= 0.3 is 0 Å². The van der Waals surface area contributed by atoms with E-state index < -0.39 is 0 Å². The standard InChI is InChI=1S/C24H28N2O3/c27-23-16-18(24(28)25-19-10-4-1-2-5-11-19)17-26(23)21-14-8-9-15-22(21)29-20-12-6-3-7-13-20/h3,6-9,12-15,18-19H,1-2,4-5,10-11,16-17H2,(H,25,28). The number of nitrogens with zero attached hydrogens (tertiary/aromatic N) is 1. The highest BCUT2D eigenvalue weighted by Crippen LogP contribution is 2.35. The monoisotopic (exact) mass is 392 g/mol.